The van der Waals surface area contributed by atoms with Gasteiger partial charge in [-0.05, 0) is 36.0 Å². The maximum Gasteiger partial charge on any atom is 0.488 e. The summed E-state index contributed by atoms with van der Waals surface area (Å²) in [6.45, 7) is 1.59. The molecule has 98 valence electrons. The van der Waals surface area contributed by atoms with Crippen LogP contribution in [0.5, 0.6) is 0 Å². The molecule has 0 saturated carbocycles. The number of benzene rings is 1. The summed E-state index contributed by atoms with van der Waals surface area (Å²) < 4.78 is 18.6. The minimum atomic E-state index is -1.62. The molecule has 2 rings (SSSR count). The van der Waals surface area contributed by atoms with Crippen molar-refractivity contribution >= 4 is 24.3 Å². The first-order valence-electron chi connectivity index (χ1n) is 6.00. The molecular weight excluding hydrogens is 254 g/mol. The number of ether oxygens (including phenoxy) is 1. The number of halogens is 1. The number of hydrogen-bond acceptors (Lipinski definition) is 4. The highest BCUT2D eigenvalue weighted by Gasteiger charge is 2.16. The van der Waals surface area contributed by atoms with Crippen LogP contribution in [0.25, 0.3) is 0 Å². The van der Waals surface area contributed by atoms with Crippen molar-refractivity contribution in [2.45, 2.75) is 23.8 Å². The SMILES string of the molecule is OB(O)c1cc(F)cc(CSC2CCOCC2)c1. The highest BCUT2D eigenvalue weighted by Crippen LogP contribution is 2.25. The zero-order valence-electron chi connectivity index (χ0n) is 10.0. The summed E-state index contributed by atoms with van der Waals surface area (Å²) in [6.07, 6.45) is 2.05. The van der Waals surface area contributed by atoms with Gasteiger partial charge in [0.1, 0.15) is 5.82 Å². The monoisotopic (exact) mass is 270 g/mol. The van der Waals surface area contributed by atoms with Gasteiger partial charge in [0.15, 0.2) is 0 Å². The predicted molar refractivity (Wildman–Crippen MR) is 71.4 cm³/mol. The van der Waals surface area contributed by atoms with Crippen molar-refractivity contribution < 1.29 is 19.2 Å². The van der Waals surface area contributed by atoms with Crippen LogP contribution >= 0.6 is 11.8 Å². The molecule has 1 aromatic carbocycles. The van der Waals surface area contributed by atoms with Crippen molar-refractivity contribution in [1.82, 2.24) is 0 Å². The van der Waals surface area contributed by atoms with Gasteiger partial charge in [0.2, 0.25) is 0 Å². The van der Waals surface area contributed by atoms with Crippen molar-refractivity contribution in [3.8, 4) is 0 Å². The minimum Gasteiger partial charge on any atom is -0.423 e. The molecule has 6 heteroatoms. The molecule has 0 radical (unpaired) electrons. The average molecular weight is 270 g/mol. The summed E-state index contributed by atoms with van der Waals surface area (Å²) in [6, 6.07) is 4.23. The first-order valence-corrected chi connectivity index (χ1v) is 7.05. The van der Waals surface area contributed by atoms with Gasteiger partial charge in [-0.3, -0.25) is 0 Å². The van der Waals surface area contributed by atoms with Crippen LogP contribution in [0.1, 0.15) is 18.4 Å². The van der Waals surface area contributed by atoms with Gasteiger partial charge in [-0.1, -0.05) is 6.07 Å². The van der Waals surface area contributed by atoms with Crippen LogP contribution in [-0.2, 0) is 10.5 Å². The van der Waals surface area contributed by atoms with E-state index in [0.717, 1.165) is 37.7 Å². The second-order valence-corrected chi connectivity index (χ2v) is 5.68. The maximum absolute atomic E-state index is 13.3. The van der Waals surface area contributed by atoms with Gasteiger partial charge in [-0.15, -0.1) is 0 Å². The molecule has 0 amide bonds. The van der Waals surface area contributed by atoms with E-state index in [4.69, 9.17) is 14.8 Å². The molecular formula is C12H16BFO3S. The Balaban J connectivity index is 1.95. The van der Waals surface area contributed by atoms with Crippen molar-refractivity contribution in [3.05, 3.63) is 29.6 Å². The number of hydrogen-bond donors (Lipinski definition) is 2. The van der Waals surface area contributed by atoms with E-state index in [-0.39, 0.29) is 5.46 Å². The third-order valence-electron chi connectivity index (χ3n) is 2.93. The van der Waals surface area contributed by atoms with Crippen LogP contribution in [-0.4, -0.2) is 35.6 Å². The van der Waals surface area contributed by atoms with Crippen molar-refractivity contribution in [2.75, 3.05) is 13.2 Å². The standard InChI is InChI=1S/C12H16BFO3S/c14-11-6-9(5-10(7-11)13(15)16)8-18-12-1-3-17-4-2-12/h5-7,12,15-16H,1-4,8H2. The Morgan fingerprint density at radius 2 is 2.00 bits per heavy atom. The maximum atomic E-state index is 13.3. The lowest BCUT2D eigenvalue weighted by Gasteiger charge is -2.21. The van der Waals surface area contributed by atoms with E-state index in [0.29, 0.717) is 11.0 Å². The van der Waals surface area contributed by atoms with E-state index in [2.05, 4.69) is 0 Å². The number of rotatable bonds is 4. The second-order valence-electron chi connectivity index (χ2n) is 4.39. The van der Waals surface area contributed by atoms with E-state index in [1.165, 1.54) is 6.07 Å². The van der Waals surface area contributed by atoms with Crippen LogP contribution in [0.15, 0.2) is 18.2 Å². The first-order chi connectivity index (χ1) is 8.65. The summed E-state index contributed by atoms with van der Waals surface area (Å²) in [5, 5.41) is 18.7. The van der Waals surface area contributed by atoms with Crippen LogP contribution < -0.4 is 5.46 Å². The van der Waals surface area contributed by atoms with Gasteiger partial charge in [-0.2, -0.15) is 11.8 Å². The second kappa shape index (κ2) is 6.56. The Kier molecular flexibility index (Phi) is 5.06. The molecule has 1 aliphatic rings. The molecule has 3 nitrogen and oxygen atoms in total. The molecule has 0 atom stereocenters. The van der Waals surface area contributed by atoms with Crippen molar-refractivity contribution in [3.63, 3.8) is 0 Å². The Hall–Kier alpha value is -0.555. The van der Waals surface area contributed by atoms with Gasteiger partial charge in [0, 0.05) is 24.2 Å². The smallest absolute Gasteiger partial charge is 0.423 e. The van der Waals surface area contributed by atoms with Gasteiger partial charge < -0.3 is 14.8 Å². The van der Waals surface area contributed by atoms with Gasteiger partial charge in [0.05, 0.1) is 0 Å². The van der Waals surface area contributed by atoms with Crippen LogP contribution in [0.3, 0.4) is 0 Å². The zero-order valence-corrected chi connectivity index (χ0v) is 10.8. The van der Waals surface area contributed by atoms with Crippen LogP contribution in [0, 0.1) is 5.82 Å². The van der Waals surface area contributed by atoms with E-state index in [1.807, 2.05) is 0 Å². The summed E-state index contributed by atoms with van der Waals surface area (Å²) in [5.41, 5.74) is 0.993. The molecule has 1 fully saturated rings. The molecule has 0 spiro atoms. The fourth-order valence-corrected chi connectivity index (χ4v) is 3.09. The lowest BCUT2D eigenvalue weighted by Crippen LogP contribution is -2.30. The van der Waals surface area contributed by atoms with E-state index < -0.39 is 12.9 Å². The largest absolute Gasteiger partial charge is 0.488 e. The van der Waals surface area contributed by atoms with E-state index in [9.17, 15) is 4.39 Å². The fourth-order valence-electron chi connectivity index (χ4n) is 1.96. The molecule has 0 unspecified atom stereocenters. The third-order valence-corrected chi connectivity index (χ3v) is 4.37. The van der Waals surface area contributed by atoms with E-state index >= 15 is 0 Å². The Morgan fingerprint density at radius 3 is 2.67 bits per heavy atom. The minimum absolute atomic E-state index is 0.206. The third kappa shape index (κ3) is 3.98. The van der Waals surface area contributed by atoms with Crippen LogP contribution in [0.2, 0.25) is 0 Å². The first kappa shape index (κ1) is 13.9. The summed E-state index contributed by atoms with van der Waals surface area (Å²) in [4.78, 5) is 0. The summed E-state index contributed by atoms with van der Waals surface area (Å²) in [7, 11) is -1.62. The number of thioether (sulfide) groups is 1. The molecule has 0 aliphatic carbocycles. The zero-order chi connectivity index (χ0) is 13.0. The van der Waals surface area contributed by atoms with Gasteiger partial charge in [0.25, 0.3) is 0 Å². The Morgan fingerprint density at radius 1 is 1.28 bits per heavy atom. The molecule has 1 aromatic rings. The Labute approximate surface area is 110 Å². The Bertz CT molecular complexity index is 397. The quantitative estimate of drug-likeness (QED) is 0.799. The van der Waals surface area contributed by atoms with E-state index in [1.54, 1.807) is 17.8 Å². The summed E-state index contributed by atoms with van der Waals surface area (Å²) >= 11 is 1.77. The molecule has 2 N–H and O–H groups in total. The fraction of sp³-hybridized carbons (Fsp3) is 0.500. The topological polar surface area (TPSA) is 49.7 Å². The molecule has 1 aliphatic heterocycles. The molecule has 0 bridgehead atoms. The molecule has 0 aromatic heterocycles. The molecule has 1 saturated heterocycles. The van der Waals surface area contributed by atoms with Crippen molar-refractivity contribution in [1.29, 1.82) is 0 Å². The average Bonchev–Trinajstić information content (AvgIpc) is 2.37. The highest BCUT2D eigenvalue weighted by molar-refractivity contribution is 7.99. The predicted octanol–water partition coefficient (Wildman–Crippen LogP) is 0.918. The lowest BCUT2D eigenvalue weighted by molar-refractivity contribution is 0.1000. The lowest BCUT2D eigenvalue weighted by atomic mass is 9.79. The van der Waals surface area contributed by atoms with Crippen molar-refractivity contribution in [2.24, 2.45) is 0 Å². The highest BCUT2D eigenvalue weighted by atomic mass is 32.2. The molecule has 18 heavy (non-hydrogen) atoms. The summed E-state index contributed by atoms with van der Waals surface area (Å²) in [5.74, 6) is 0.255. The molecule has 1 heterocycles. The van der Waals surface area contributed by atoms with Gasteiger partial charge in [-0.25, -0.2) is 4.39 Å². The van der Waals surface area contributed by atoms with Gasteiger partial charge >= 0.3 is 7.12 Å². The van der Waals surface area contributed by atoms with Crippen LogP contribution in [0.4, 0.5) is 4.39 Å². The normalized spacial score (nSPS) is 16.8.